The fourth-order valence-electron chi connectivity index (χ4n) is 1.69. The molecule has 0 bridgehead atoms. The summed E-state index contributed by atoms with van der Waals surface area (Å²) in [4.78, 5) is 11.8. The Kier molecular flexibility index (Phi) is 3.79. The Hall–Kier alpha value is -0.930. The summed E-state index contributed by atoms with van der Waals surface area (Å²) in [5.74, 6) is 0.0327. The number of esters is 1. The summed E-state index contributed by atoms with van der Waals surface area (Å²) in [6.07, 6.45) is 3.46. The first kappa shape index (κ1) is 12.5. The Morgan fingerprint density at radius 3 is 2.71 bits per heavy atom. The van der Waals surface area contributed by atoms with Crippen molar-refractivity contribution in [3.63, 3.8) is 0 Å². The quantitative estimate of drug-likeness (QED) is 0.677. The molecule has 1 aromatic rings. The first-order chi connectivity index (χ1) is 8.08. The maximum Gasteiger partial charge on any atom is 0.339 e. The number of carbonyl (C=O) groups excluding carboxylic acids is 1. The van der Waals surface area contributed by atoms with Crippen molar-refractivity contribution in [1.29, 1.82) is 0 Å². The molecule has 0 heterocycles. The lowest BCUT2D eigenvalue weighted by molar-refractivity contribution is 0.0372. The zero-order valence-electron chi connectivity index (χ0n) is 9.21. The number of benzene rings is 1. The lowest BCUT2D eigenvalue weighted by Gasteiger charge is -2.24. The summed E-state index contributed by atoms with van der Waals surface area (Å²) >= 11 is 11.8. The van der Waals surface area contributed by atoms with Gasteiger partial charge >= 0.3 is 5.97 Å². The summed E-state index contributed by atoms with van der Waals surface area (Å²) in [7, 11) is 0. The van der Waals surface area contributed by atoms with E-state index in [1.165, 1.54) is 18.6 Å². The molecule has 92 valence electrons. The molecule has 5 heteroatoms. The van der Waals surface area contributed by atoms with E-state index in [1.807, 2.05) is 0 Å². The second kappa shape index (κ2) is 5.15. The minimum absolute atomic E-state index is 0.194. The second-order valence-corrected chi connectivity index (χ2v) is 5.04. The fourth-order valence-corrected chi connectivity index (χ4v) is 2.10. The molecule has 0 saturated heterocycles. The zero-order chi connectivity index (χ0) is 12.4. The summed E-state index contributed by atoms with van der Waals surface area (Å²) in [5.41, 5.74) is 6.24. The predicted octanol–water partition coefficient (Wildman–Crippen LogP) is 3.53. The highest BCUT2D eigenvalue weighted by Gasteiger charge is 2.21. The van der Waals surface area contributed by atoms with E-state index < -0.39 is 5.97 Å². The Labute approximate surface area is 110 Å². The van der Waals surface area contributed by atoms with Crippen molar-refractivity contribution in [2.45, 2.75) is 19.3 Å². The monoisotopic (exact) mass is 273 g/mol. The smallest absolute Gasteiger partial charge is 0.339 e. The molecule has 0 aromatic heterocycles. The van der Waals surface area contributed by atoms with E-state index in [0.29, 0.717) is 18.2 Å². The number of anilines is 1. The van der Waals surface area contributed by atoms with Crippen molar-refractivity contribution in [2.75, 3.05) is 12.3 Å². The molecule has 0 amide bonds. The number of halogens is 2. The highest BCUT2D eigenvalue weighted by molar-refractivity contribution is 6.44. The minimum atomic E-state index is -0.462. The Balaban J connectivity index is 2.07. The van der Waals surface area contributed by atoms with E-state index in [9.17, 15) is 4.79 Å². The Bertz CT molecular complexity index is 444. The van der Waals surface area contributed by atoms with Gasteiger partial charge in [0.15, 0.2) is 0 Å². The maximum atomic E-state index is 11.8. The van der Waals surface area contributed by atoms with Crippen LogP contribution < -0.4 is 5.73 Å². The van der Waals surface area contributed by atoms with E-state index in [4.69, 9.17) is 33.7 Å². The van der Waals surface area contributed by atoms with Gasteiger partial charge in [0.2, 0.25) is 0 Å². The van der Waals surface area contributed by atoms with Gasteiger partial charge in [-0.1, -0.05) is 29.6 Å². The van der Waals surface area contributed by atoms with Crippen LogP contribution in [0.1, 0.15) is 29.6 Å². The Morgan fingerprint density at radius 1 is 1.41 bits per heavy atom. The van der Waals surface area contributed by atoms with Gasteiger partial charge in [0, 0.05) is 5.69 Å². The van der Waals surface area contributed by atoms with Crippen molar-refractivity contribution in [3.05, 3.63) is 27.7 Å². The lowest BCUT2D eigenvalue weighted by Crippen LogP contribution is -2.20. The third-order valence-electron chi connectivity index (χ3n) is 2.95. The zero-order valence-corrected chi connectivity index (χ0v) is 10.7. The van der Waals surface area contributed by atoms with Gasteiger partial charge in [-0.25, -0.2) is 4.79 Å². The van der Waals surface area contributed by atoms with Gasteiger partial charge in [-0.3, -0.25) is 0 Å². The van der Waals surface area contributed by atoms with E-state index in [1.54, 1.807) is 0 Å². The molecule has 2 rings (SSSR count). The predicted molar refractivity (Wildman–Crippen MR) is 68.5 cm³/mol. The molecule has 17 heavy (non-hydrogen) atoms. The van der Waals surface area contributed by atoms with E-state index >= 15 is 0 Å². The van der Waals surface area contributed by atoms with Gasteiger partial charge in [-0.05, 0) is 30.9 Å². The highest BCUT2D eigenvalue weighted by Crippen LogP contribution is 2.30. The number of nitrogens with two attached hydrogens (primary N) is 1. The number of ether oxygens (including phenoxy) is 1. The number of nitrogen functional groups attached to an aromatic ring is 1. The molecule has 1 aliphatic carbocycles. The average molecular weight is 274 g/mol. The SMILES string of the molecule is Nc1cc(Cl)c(Cl)c(C(=O)OCC2CCC2)c1. The third kappa shape index (κ3) is 2.85. The van der Waals surface area contributed by atoms with Crippen molar-refractivity contribution in [3.8, 4) is 0 Å². The molecule has 0 unspecified atom stereocenters. The first-order valence-corrected chi connectivity index (χ1v) is 6.25. The van der Waals surface area contributed by atoms with Crippen LogP contribution in [0.25, 0.3) is 0 Å². The van der Waals surface area contributed by atoms with Crippen LogP contribution in [0.3, 0.4) is 0 Å². The Morgan fingerprint density at radius 2 is 2.12 bits per heavy atom. The molecule has 0 spiro atoms. The van der Waals surface area contributed by atoms with Crippen molar-refractivity contribution in [2.24, 2.45) is 5.92 Å². The number of rotatable bonds is 3. The molecule has 1 aliphatic rings. The number of carbonyl (C=O) groups is 1. The molecular weight excluding hydrogens is 261 g/mol. The molecule has 0 aliphatic heterocycles. The molecule has 1 saturated carbocycles. The van der Waals surface area contributed by atoms with Crippen LogP contribution in [-0.2, 0) is 4.74 Å². The summed E-state index contributed by atoms with van der Waals surface area (Å²) < 4.78 is 5.19. The van der Waals surface area contributed by atoms with E-state index in [-0.39, 0.29) is 15.6 Å². The average Bonchev–Trinajstić information content (AvgIpc) is 2.20. The minimum Gasteiger partial charge on any atom is -0.462 e. The fraction of sp³-hybridized carbons (Fsp3) is 0.417. The van der Waals surface area contributed by atoms with E-state index in [2.05, 4.69) is 0 Å². The van der Waals surface area contributed by atoms with Gasteiger partial charge in [0.1, 0.15) is 0 Å². The lowest BCUT2D eigenvalue weighted by atomic mass is 9.86. The normalized spacial score (nSPS) is 15.4. The third-order valence-corrected chi connectivity index (χ3v) is 3.75. The van der Waals surface area contributed by atoms with Crippen LogP contribution >= 0.6 is 23.2 Å². The van der Waals surface area contributed by atoms with Crippen LogP contribution in [-0.4, -0.2) is 12.6 Å². The van der Waals surface area contributed by atoms with Gasteiger partial charge in [-0.15, -0.1) is 0 Å². The molecule has 1 aromatic carbocycles. The van der Waals surface area contributed by atoms with E-state index in [0.717, 1.165) is 12.8 Å². The van der Waals surface area contributed by atoms with Crippen LogP contribution in [0.4, 0.5) is 5.69 Å². The van der Waals surface area contributed by atoms with Gasteiger partial charge in [-0.2, -0.15) is 0 Å². The first-order valence-electron chi connectivity index (χ1n) is 5.49. The van der Waals surface area contributed by atoms with Gasteiger partial charge in [0.25, 0.3) is 0 Å². The van der Waals surface area contributed by atoms with Crippen LogP contribution in [0.15, 0.2) is 12.1 Å². The summed E-state index contributed by atoms with van der Waals surface area (Å²) in [5, 5.41) is 0.460. The molecule has 2 N–H and O–H groups in total. The summed E-state index contributed by atoms with van der Waals surface area (Å²) in [6, 6.07) is 2.99. The van der Waals surface area contributed by atoms with Gasteiger partial charge < -0.3 is 10.5 Å². The second-order valence-electron chi connectivity index (χ2n) is 4.26. The van der Waals surface area contributed by atoms with Gasteiger partial charge in [0.05, 0.1) is 22.2 Å². The van der Waals surface area contributed by atoms with Crippen molar-refractivity contribution in [1.82, 2.24) is 0 Å². The van der Waals surface area contributed by atoms with Crippen LogP contribution in [0, 0.1) is 5.92 Å². The standard InChI is InChI=1S/C12H13Cl2NO2/c13-10-5-8(15)4-9(11(10)14)12(16)17-6-7-2-1-3-7/h4-5,7H,1-3,6,15H2. The molecule has 0 radical (unpaired) electrons. The molecule has 3 nitrogen and oxygen atoms in total. The van der Waals surface area contributed by atoms with Crippen molar-refractivity contribution < 1.29 is 9.53 Å². The largest absolute Gasteiger partial charge is 0.462 e. The van der Waals surface area contributed by atoms with Crippen molar-refractivity contribution >= 4 is 34.9 Å². The topological polar surface area (TPSA) is 52.3 Å². The maximum absolute atomic E-state index is 11.8. The molecule has 0 atom stereocenters. The molecular formula is C12H13Cl2NO2. The summed E-state index contributed by atoms with van der Waals surface area (Å²) in [6.45, 7) is 0.446. The molecule has 1 fully saturated rings. The van der Waals surface area contributed by atoms with Crippen LogP contribution in [0.2, 0.25) is 10.0 Å². The highest BCUT2D eigenvalue weighted by atomic mass is 35.5. The number of hydrogen-bond acceptors (Lipinski definition) is 3. The van der Waals surface area contributed by atoms with Crippen LogP contribution in [0.5, 0.6) is 0 Å². The number of hydrogen-bond donors (Lipinski definition) is 1.